The standard InChI is InChI=1S/C16H18N2O6/c1-16(2)23-14(21)11(15(22)24-16)8-17-9-5-6-12(19)10(7-9)13(20)18(3)4/h5-8,17,19H,1-4H3. The van der Waals surface area contributed by atoms with Crippen molar-refractivity contribution >= 4 is 23.5 Å². The number of benzene rings is 1. The van der Waals surface area contributed by atoms with Crippen LogP contribution in [0.3, 0.4) is 0 Å². The van der Waals surface area contributed by atoms with Gasteiger partial charge in [0.2, 0.25) is 0 Å². The number of hydrogen-bond donors (Lipinski definition) is 2. The molecule has 1 heterocycles. The van der Waals surface area contributed by atoms with Crippen LogP contribution in [0.15, 0.2) is 30.0 Å². The summed E-state index contributed by atoms with van der Waals surface area (Å²) in [4.78, 5) is 36.9. The first-order chi connectivity index (χ1) is 11.1. The minimum atomic E-state index is -1.31. The van der Waals surface area contributed by atoms with Crippen molar-refractivity contribution in [1.29, 1.82) is 0 Å². The molecule has 0 atom stereocenters. The van der Waals surface area contributed by atoms with Crippen LogP contribution in [0.25, 0.3) is 0 Å². The van der Waals surface area contributed by atoms with Crippen LogP contribution < -0.4 is 5.32 Å². The predicted molar refractivity (Wildman–Crippen MR) is 84.1 cm³/mol. The molecule has 0 aromatic heterocycles. The minimum absolute atomic E-state index is 0.0818. The Morgan fingerprint density at radius 2 is 1.79 bits per heavy atom. The third-order valence-electron chi connectivity index (χ3n) is 3.13. The van der Waals surface area contributed by atoms with E-state index in [0.717, 1.165) is 6.20 Å². The van der Waals surface area contributed by atoms with Crippen LogP contribution in [0.5, 0.6) is 5.75 Å². The number of carbonyl (C=O) groups is 3. The summed E-state index contributed by atoms with van der Waals surface area (Å²) >= 11 is 0. The lowest BCUT2D eigenvalue weighted by Crippen LogP contribution is -2.42. The fraction of sp³-hybridized carbons (Fsp3) is 0.312. The molecule has 0 saturated carbocycles. The molecule has 0 unspecified atom stereocenters. The van der Waals surface area contributed by atoms with Gasteiger partial charge >= 0.3 is 11.9 Å². The van der Waals surface area contributed by atoms with Gasteiger partial charge in [0.15, 0.2) is 5.57 Å². The van der Waals surface area contributed by atoms with E-state index < -0.39 is 17.7 Å². The van der Waals surface area contributed by atoms with Crippen LogP contribution in [-0.2, 0) is 19.1 Å². The van der Waals surface area contributed by atoms with Crippen molar-refractivity contribution in [3.05, 3.63) is 35.5 Å². The van der Waals surface area contributed by atoms with E-state index in [1.807, 2.05) is 0 Å². The van der Waals surface area contributed by atoms with Gasteiger partial charge in [-0.05, 0) is 18.2 Å². The maximum atomic E-state index is 12.0. The molecular weight excluding hydrogens is 316 g/mol. The lowest BCUT2D eigenvalue weighted by atomic mass is 10.1. The lowest BCUT2D eigenvalue weighted by Gasteiger charge is -2.29. The second-order valence-electron chi connectivity index (χ2n) is 5.81. The summed E-state index contributed by atoms with van der Waals surface area (Å²) in [6, 6.07) is 4.22. The molecule has 1 aliphatic heterocycles. The summed E-state index contributed by atoms with van der Waals surface area (Å²) in [5.74, 6) is -3.50. The van der Waals surface area contributed by atoms with Crippen LogP contribution in [0.4, 0.5) is 5.69 Å². The Kier molecular flexibility index (Phi) is 4.50. The first kappa shape index (κ1) is 17.3. The summed E-state index contributed by atoms with van der Waals surface area (Å²) in [5.41, 5.74) is 0.178. The van der Waals surface area contributed by atoms with Gasteiger partial charge in [-0.15, -0.1) is 0 Å². The normalized spacial score (nSPS) is 16.1. The Hall–Kier alpha value is -3.03. The van der Waals surface area contributed by atoms with Crippen LogP contribution >= 0.6 is 0 Å². The number of rotatable bonds is 3. The molecule has 0 aliphatic carbocycles. The molecule has 1 aromatic carbocycles. The SMILES string of the molecule is CN(C)C(=O)c1cc(NC=C2C(=O)OC(C)(C)OC2=O)ccc1O. The number of hydrogen-bond acceptors (Lipinski definition) is 7. The zero-order valence-electron chi connectivity index (χ0n) is 13.7. The molecular formula is C16H18N2O6. The molecule has 2 rings (SSSR count). The van der Waals surface area contributed by atoms with Crippen molar-refractivity contribution in [3.63, 3.8) is 0 Å². The molecule has 0 spiro atoms. The van der Waals surface area contributed by atoms with Crippen molar-refractivity contribution in [2.24, 2.45) is 0 Å². The second kappa shape index (κ2) is 6.23. The Morgan fingerprint density at radius 1 is 1.21 bits per heavy atom. The Balaban J connectivity index is 2.23. The molecule has 0 radical (unpaired) electrons. The topological polar surface area (TPSA) is 105 Å². The maximum Gasteiger partial charge on any atom is 0.350 e. The molecule has 1 aliphatic rings. The Morgan fingerprint density at radius 3 is 2.33 bits per heavy atom. The van der Waals surface area contributed by atoms with Crippen LogP contribution in [-0.4, -0.2) is 47.7 Å². The van der Waals surface area contributed by atoms with E-state index in [-0.39, 0.29) is 22.8 Å². The molecule has 0 bridgehead atoms. The molecule has 8 heteroatoms. The van der Waals surface area contributed by atoms with E-state index in [2.05, 4.69) is 5.32 Å². The molecule has 8 nitrogen and oxygen atoms in total. The van der Waals surface area contributed by atoms with Crippen LogP contribution in [0.2, 0.25) is 0 Å². The highest BCUT2D eigenvalue weighted by Crippen LogP contribution is 2.25. The van der Waals surface area contributed by atoms with E-state index in [1.165, 1.54) is 36.9 Å². The van der Waals surface area contributed by atoms with Crippen LogP contribution in [0, 0.1) is 0 Å². The predicted octanol–water partition coefficient (Wildman–Crippen LogP) is 1.23. The van der Waals surface area contributed by atoms with E-state index in [9.17, 15) is 19.5 Å². The summed E-state index contributed by atoms with van der Waals surface area (Å²) in [7, 11) is 3.11. The third-order valence-corrected chi connectivity index (χ3v) is 3.13. The number of ether oxygens (including phenoxy) is 2. The number of anilines is 1. The highest BCUT2D eigenvalue weighted by molar-refractivity contribution is 6.15. The van der Waals surface area contributed by atoms with Crippen molar-refractivity contribution in [1.82, 2.24) is 4.90 Å². The molecule has 1 aromatic rings. The summed E-state index contributed by atoms with van der Waals surface area (Å²) in [6.07, 6.45) is 1.14. The maximum absolute atomic E-state index is 12.0. The zero-order valence-corrected chi connectivity index (χ0v) is 13.7. The van der Waals surface area contributed by atoms with Gasteiger partial charge < -0.3 is 24.8 Å². The van der Waals surface area contributed by atoms with Crippen LogP contribution in [0.1, 0.15) is 24.2 Å². The Bertz CT molecular complexity index is 714. The second-order valence-corrected chi connectivity index (χ2v) is 5.81. The van der Waals surface area contributed by atoms with Crippen molar-refractivity contribution in [2.75, 3.05) is 19.4 Å². The number of carbonyl (C=O) groups excluding carboxylic acids is 3. The first-order valence-electron chi connectivity index (χ1n) is 7.09. The summed E-state index contributed by atoms with van der Waals surface area (Å²) in [6.45, 7) is 2.90. The summed E-state index contributed by atoms with van der Waals surface area (Å²) < 4.78 is 9.93. The van der Waals surface area contributed by atoms with E-state index in [1.54, 1.807) is 14.1 Å². The minimum Gasteiger partial charge on any atom is -0.507 e. The van der Waals surface area contributed by atoms with Gasteiger partial charge in [0.25, 0.3) is 11.7 Å². The quantitative estimate of drug-likeness (QED) is 0.371. The third kappa shape index (κ3) is 3.65. The van der Waals surface area contributed by atoms with Gasteiger partial charge in [-0.1, -0.05) is 0 Å². The van der Waals surface area contributed by atoms with Gasteiger partial charge in [0.05, 0.1) is 5.56 Å². The van der Waals surface area contributed by atoms with Crippen molar-refractivity contribution < 1.29 is 29.0 Å². The molecule has 1 saturated heterocycles. The van der Waals surface area contributed by atoms with Crippen molar-refractivity contribution in [2.45, 2.75) is 19.6 Å². The molecule has 1 amide bonds. The molecule has 2 N–H and O–H groups in total. The van der Waals surface area contributed by atoms with Gasteiger partial charge in [0, 0.05) is 39.8 Å². The molecule has 24 heavy (non-hydrogen) atoms. The Labute approximate surface area is 138 Å². The number of esters is 2. The highest BCUT2D eigenvalue weighted by Gasteiger charge is 2.38. The number of phenols is 1. The van der Waals surface area contributed by atoms with Gasteiger partial charge in [-0.25, -0.2) is 9.59 Å². The van der Waals surface area contributed by atoms with E-state index in [0.29, 0.717) is 5.69 Å². The highest BCUT2D eigenvalue weighted by atomic mass is 16.7. The number of phenolic OH excluding ortho intramolecular Hbond substituents is 1. The molecule has 1 fully saturated rings. The largest absolute Gasteiger partial charge is 0.507 e. The number of nitrogens with one attached hydrogen (secondary N) is 1. The number of amides is 1. The summed E-state index contributed by atoms with van der Waals surface area (Å²) in [5, 5.41) is 12.5. The number of nitrogens with zero attached hydrogens (tertiary/aromatic N) is 1. The number of aromatic hydroxyl groups is 1. The van der Waals surface area contributed by atoms with Gasteiger partial charge in [-0.2, -0.15) is 0 Å². The average Bonchev–Trinajstić information content (AvgIpc) is 2.45. The first-order valence-corrected chi connectivity index (χ1v) is 7.09. The fourth-order valence-corrected chi connectivity index (χ4v) is 1.97. The van der Waals surface area contributed by atoms with Gasteiger partial charge in [0.1, 0.15) is 5.75 Å². The fourth-order valence-electron chi connectivity index (χ4n) is 1.97. The average molecular weight is 334 g/mol. The van der Waals surface area contributed by atoms with E-state index in [4.69, 9.17) is 9.47 Å². The van der Waals surface area contributed by atoms with Gasteiger partial charge in [-0.3, -0.25) is 4.79 Å². The monoisotopic (exact) mass is 334 g/mol. The number of cyclic esters (lactones) is 2. The van der Waals surface area contributed by atoms with E-state index >= 15 is 0 Å². The smallest absolute Gasteiger partial charge is 0.350 e. The lowest BCUT2D eigenvalue weighted by molar-refractivity contribution is -0.222. The van der Waals surface area contributed by atoms with Crippen molar-refractivity contribution in [3.8, 4) is 5.75 Å². The zero-order chi connectivity index (χ0) is 18.1. The molecule has 128 valence electrons.